The maximum absolute atomic E-state index is 9.73. The molecule has 3 nitrogen and oxygen atoms in total. The Hall–Kier alpha value is -1.06. The third-order valence-electron chi connectivity index (χ3n) is 2.80. The van der Waals surface area contributed by atoms with E-state index in [4.69, 9.17) is 5.73 Å². The molecule has 0 aromatic carbocycles. The highest BCUT2D eigenvalue weighted by molar-refractivity contribution is 5.36. The molecule has 0 aromatic rings. The first-order valence-electron chi connectivity index (χ1n) is 4.93. The van der Waals surface area contributed by atoms with Gasteiger partial charge in [0, 0.05) is 18.2 Å². The van der Waals surface area contributed by atoms with E-state index >= 15 is 0 Å². The molecule has 0 radical (unpaired) electrons. The summed E-state index contributed by atoms with van der Waals surface area (Å²) < 4.78 is 0. The molecular weight excluding hydrogens is 176 g/mol. The van der Waals surface area contributed by atoms with Crippen molar-refractivity contribution in [1.29, 1.82) is 0 Å². The Bertz CT molecular complexity index is 317. The first kappa shape index (κ1) is 9.49. The Morgan fingerprint density at radius 3 is 3.14 bits per heavy atom. The van der Waals surface area contributed by atoms with E-state index in [2.05, 4.69) is 17.5 Å². The van der Waals surface area contributed by atoms with Crippen molar-refractivity contribution in [2.75, 3.05) is 6.54 Å². The van der Waals surface area contributed by atoms with Gasteiger partial charge in [0.1, 0.15) is 0 Å². The number of nitrogens with two attached hydrogens (primary N) is 1. The highest BCUT2D eigenvalue weighted by atomic mass is 16.3. The SMILES string of the molecule is CC1=CC2C=CC=C(C(O)CN)C2N1. The van der Waals surface area contributed by atoms with Crippen molar-refractivity contribution in [2.24, 2.45) is 11.7 Å². The zero-order valence-electron chi connectivity index (χ0n) is 8.27. The summed E-state index contributed by atoms with van der Waals surface area (Å²) in [5.74, 6) is 0.371. The standard InChI is InChI=1S/C11H16N2O/c1-7-5-8-3-2-4-9(10(14)6-12)11(8)13-7/h2-5,8,10-11,13-14H,6,12H2,1H3. The molecule has 0 aromatic heterocycles. The molecule has 1 aliphatic carbocycles. The second-order valence-electron chi connectivity index (χ2n) is 3.85. The molecule has 0 spiro atoms. The number of aliphatic hydroxyl groups excluding tert-OH is 1. The molecule has 2 aliphatic rings. The minimum Gasteiger partial charge on any atom is -0.387 e. The van der Waals surface area contributed by atoms with Crippen LogP contribution in [0.5, 0.6) is 0 Å². The quantitative estimate of drug-likeness (QED) is 0.589. The predicted molar refractivity (Wildman–Crippen MR) is 56.5 cm³/mol. The first-order valence-corrected chi connectivity index (χ1v) is 4.93. The molecule has 0 saturated carbocycles. The van der Waals surface area contributed by atoms with E-state index in [1.807, 2.05) is 19.1 Å². The molecule has 3 unspecified atom stereocenters. The van der Waals surface area contributed by atoms with Crippen molar-refractivity contribution < 1.29 is 5.11 Å². The van der Waals surface area contributed by atoms with Gasteiger partial charge in [0.2, 0.25) is 0 Å². The number of hydrogen-bond donors (Lipinski definition) is 3. The van der Waals surface area contributed by atoms with Crippen LogP contribution in [0.3, 0.4) is 0 Å². The Kier molecular flexibility index (Phi) is 2.44. The Morgan fingerprint density at radius 1 is 1.64 bits per heavy atom. The monoisotopic (exact) mass is 192 g/mol. The second kappa shape index (κ2) is 3.59. The number of rotatable bonds is 2. The molecule has 76 valence electrons. The van der Waals surface area contributed by atoms with E-state index in [-0.39, 0.29) is 12.6 Å². The lowest BCUT2D eigenvalue weighted by Crippen LogP contribution is -2.38. The van der Waals surface area contributed by atoms with Crippen molar-refractivity contribution in [3.63, 3.8) is 0 Å². The van der Waals surface area contributed by atoms with Crippen molar-refractivity contribution in [3.05, 3.63) is 35.6 Å². The summed E-state index contributed by atoms with van der Waals surface area (Å²) in [7, 11) is 0. The number of nitrogens with one attached hydrogen (secondary N) is 1. The van der Waals surface area contributed by atoms with Gasteiger partial charge in [-0.15, -0.1) is 0 Å². The zero-order chi connectivity index (χ0) is 10.1. The van der Waals surface area contributed by atoms with Crippen LogP contribution in [0.1, 0.15) is 6.92 Å². The number of allylic oxidation sites excluding steroid dienone is 3. The zero-order valence-corrected chi connectivity index (χ0v) is 8.27. The van der Waals surface area contributed by atoms with Gasteiger partial charge < -0.3 is 16.2 Å². The smallest absolute Gasteiger partial charge is 0.0895 e. The molecule has 1 aliphatic heterocycles. The summed E-state index contributed by atoms with van der Waals surface area (Å²) in [5, 5.41) is 13.1. The van der Waals surface area contributed by atoms with E-state index < -0.39 is 6.10 Å². The summed E-state index contributed by atoms with van der Waals surface area (Å²) in [5.41, 5.74) is 7.62. The van der Waals surface area contributed by atoms with Gasteiger partial charge in [0.25, 0.3) is 0 Å². The largest absolute Gasteiger partial charge is 0.387 e. The number of aliphatic hydroxyl groups is 1. The molecule has 1 heterocycles. The maximum atomic E-state index is 9.73. The van der Waals surface area contributed by atoms with Gasteiger partial charge in [-0.1, -0.05) is 24.3 Å². The minimum atomic E-state index is -0.528. The lowest BCUT2D eigenvalue weighted by molar-refractivity contribution is 0.207. The lowest BCUT2D eigenvalue weighted by Gasteiger charge is -2.26. The molecule has 14 heavy (non-hydrogen) atoms. The lowest BCUT2D eigenvalue weighted by atomic mass is 9.87. The van der Waals surface area contributed by atoms with E-state index in [0.29, 0.717) is 5.92 Å². The molecule has 0 amide bonds. The highest BCUT2D eigenvalue weighted by Gasteiger charge is 2.30. The van der Waals surface area contributed by atoms with Crippen molar-refractivity contribution in [3.8, 4) is 0 Å². The Labute approximate surface area is 84.0 Å². The minimum absolute atomic E-state index is 0.207. The molecular formula is C11H16N2O. The molecule has 4 N–H and O–H groups in total. The third kappa shape index (κ3) is 1.49. The number of fused-ring (bicyclic) bond motifs is 1. The fraction of sp³-hybridized carbons (Fsp3) is 0.455. The van der Waals surface area contributed by atoms with Crippen LogP contribution >= 0.6 is 0 Å². The van der Waals surface area contributed by atoms with Crippen molar-refractivity contribution in [1.82, 2.24) is 5.32 Å². The highest BCUT2D eigenvalue weighted by Crippen LogP contribution is 2.28. The summed E-state index contributed by atoms with van der Waals surface area (Å²) in [6, 6.07) is 0.207. The normalized spacial score (nSPS) is 31.6. The van der Waals surface area contributed by atoms with Crippen LogP contribution in [-0.2, 0) is 0 Å². The van der Waals surface area contributed by atoms with Gasteiger partial charge in [-0.3, -0.25) is 0 Å². The van der Waals surface area contributed by atoms with Gasteiger partial charge in [0.05, 0.1) is 12.1 Å². The number of hydrogen-bond acceptors (Lipinski definition) is 3. The average molecular weight is 192 g/mol. The maximum Gasteiger partial charge on any atom is 0.0895 e. The predicted octanol–water partition coefficient (Wildman–Crippen LogP) is 0.294. The molecule has 3 atom stereocenters. The van der Waals surface area contributed by atoms with Crippen LogP contribution in [0.25, 0.3) is 0 Å². The van der Waals surface area contributed by atoms with E-state index in [1.54, 1.807) is 0 Å². The van der Waals surface area contributed by atoms with Crippen LogP contribution in [-0.4, -0.2) is 23.8 Å². The van der Waals surface area contributed by atoms with Crippen molar-refractivity contribution in [2.45, 2.75) is 19.1 Å². The topological polar surface area (TPSA) is 58.3 Å². The molecule has 0 fully saturated rings. The molecule has 0 saturated heterocycles. The van der Waals surface area contributed by atoms with E-state index in [1.165, 1.54) is 5.70 Å². The first-order chi connectivity index (χ1) is 6.72. The van der Waals surface area contributed by atoms with E-state index in [9.17, 15) is 5.11 Å². The molecule has 2 rings (SSSR count). The molecule has 3 heteroatoms. The van der Waals surface area contributed by atoms with Crippen molar-refractivity contribution >= 4 is 0 Å². The summed E-state index contributed by atoms with van der Waals surface area (Å²) in [4.78, 5) is 0. The Morgan fingerprint density at radius 2 is 2.43 bits per heavy atom. The average Bonchev–Trinajstić information content (AvgIpc) is 2.56. The molecule has 0 bridgehead atoms. The van der Waals surface area contributed by atoms with Gasteiger partial charge in [-0.25, -0.2) is 0 Å². The van der Waals surface area contributed by atoms with Gasteiger partial charge >= 0.3 is 0 Å². The Balaban J connectivity index is 2.21. The fourth-order valence-electron chi connectivity index (χ4n) is 2.10. The van der Waals surface area contributed by atoms with Crippen LogP contribution in [0, 0.1) is 5.92 Å². The second-order valence-corrected chi connectivity index (χ2v) is 3.85. The van der Waals surface area contributed by atoms with Gasteiger partial charge in [-0.2, -0.15) is 0 Å². The summed E-state index contributed by atoms with van der Waals surface area (Å²) in [6.07, 6.45) is 7.74. The van der Waals surface area contributed by atoms with Gasteiger partial charge in [0.15, 0.2) is 0 Å². The van der Waals surface area contributed by atoms with Crippen LogP contribution in [0.4, 0.5) is 0 Å². The van der Waals surface area contributed by atoms with Crippen LogP contribution in [0.15, 0.2) is 35.6 Å². The van der Waals surface area contributed by atoms with Crippen LogP contribution in [0.2, 0.25) is 0 Å². The van der Waals surface area contributed by atoms with Crippen LogP contribution < -0.4 is 11.1 Å². The fourth-order valence-corrected chi connectivity index (χ4v) is 2.10. The third-order valence-corrected chi connectivity index (χ3v) is 2.80. The van der Waals surface area contributed by atoms with Gasteiger partial charge in [-0.05, 0) is 12.5 Å². The summed E-state index contributed by atoms with van der Waals surface area (Å²) in [6.45, 7) is 2.32. The van der Waals surface area contributed by atoms with E-state index in [0.717, 1.165) is 5.57 Å². The summed E-state index contributed by atoms with van der Waals surface area (Å²) >= 11 is 0.